The van der Waals surface area contributed by atoms with E-state index in [1.807, 2.05) is 0 Å². The molecule has 1 unspecified atom stereocenters. The Morgan fingerprint density at radius 2 is 2.20 bits per heavy atom. The van der Waals surface area contributed by atoms with Crippen LogP contribution in [0.1, 0.15) is 11.8 Å². The number of aromatic nitrogens is 2. The quantitative estimate of drug-likeness (QED) is 0.578. The summed E-state index contributed by atoms with van der Waals surface area (Å²) >= 11 is 0. The predicted molar refractivity (Wildman–Crippen MR) is 52.4 cm³/mol. The predicted octanol–water partition coefficient (Wildman–Crippen LogP) is -0.559. The van der Waals surface area contributed by atoms with E-state index < -0.39 is 11.9 Å². The molecule has 0 aromatic carbocycles. The number of nitrogens with two attached hydrogens (primary N) is 2. The van der Waals surface area contributed by atoms with Gasteiger partial charge in [0.1, 0.15) is 11.8 Å². The second-order valence-corrected chi connectivity index (χ2v) is 3.23. The van der Waals surface area contributed by atoms with Gasteiger partial charge in [0, 0.05) is 13.1 Å². The van der Waals surface area contributed by atoms with Gasteiger partial charge in [0.15, 0.2) is 11.6 Å². The van der Waals surface area contributed by atoms with Gasteiger partial charge in [-0.2, -0.15) is 4.98 Å². The number of nitrogens with zero attached hydrogens (tertiary/aromatic N) is 2. The lowest BCUT2D eigenvalue weighted by atomic mass is 10.2. The van der Waals surface area contributed by atoms with Gasteiger partial charge >= 0.3 is 0 Å². The van der Waals surface area contributed by atoms with Crippen LogP contribution in [0, 0.1) is 5.82 Å². The van der Waals surface area contributed by atoms with Gasteiger partial charge in [0.25, 0.3) is 0 Å². The lowest BCUT2D eigenvalue weighted by molar-refractivity contribution is 0.0227. The summed E-state index contributed by atoms with van der Waals surface area (Å²) in [5.41, 5.74) is 10.9. The fourth-order valence-electron chi connectivity index (χ4n) is 1.46. The van der Waals surface area contributed by atoms with Gasteiger partial charge in [-0.15, -0.1) is 0 Å². The van der Waals surface area contributed by atoms with Crippen molar-refractivity contribution in [3.63, 3.8) is 0 Å². The molecule has 1 saturated heterocycles. The summed E-state index contributed by atoms with van der Waals surface area (Å²) in [7, 11) is 0. The van der Waals surface area contributed by atoms with Crippen LogP contribution >= 0.6 is 0 Å². The molecule has 82 valence electrons. The van der Waals surface area contributed by atoms with Gasteiger partial charge in [-0.05, 0) is 0 Å². The zero-order valence-corrected chi connectivity index (χ0v) is 8.03. The molecule has 2 rings (SSSR count). The Kier molecular flexibility index (Phi) is 2.65. The fourth-order valence-corrected chi connectivity index (χ4v) is 1.46. The zero-order chi connectivity index (χ0) is 10.8. The van der Waals surface area contributed by atoms with E-state index in [0.29, 0.717) is 13.2 Å². The van der Waals surface area contributed by atoms with E-state index in [0.717, 1.165) is 6.54 Å². The first-order valence-corrected chi connectivity index (χ1v) is 4.59. The Labute approximate surface area is 85.8 Å². The van der Waals surface area contributed by atoms with E-state index in [1.165, 1.54) is 0 Å². The average Bonchev–Trinajstić information content (AvgIpc) is 2.24. The Morgan fingerprint density at radius 3 is 2.87 bits per heavy atom. The number of halogens is 1. The van der Waals surface area contributed by atoms with E-state index >= 15 is 0 Å². The molecule has 1 aliphatic rings. The molecule has 15 heavy (non-hydrogen) atoms. The van der Waals surface area contributed by atoms with E-state index in [4.69, 9.17) is 16.2 Å². The van der Waals surface area contributed by atoms with Crippen LogP contribution in [0.15, 0.2) is 0 Å². The van der Waals surface area contributed by atoms with Gasteiger partial charge in [-0.1, -0.05) is 0 Å². The van der Waals surface area contributed by atoms with E-state index in [-0.39, 0.29) is 17.5 Å². The number of hydrogen-bond acceptors (Lipinski definition) is 6. The highest BCUT2D eigenvalue weighted by atomic mass is 19.1. The highest BCUT2D eigenvalue weighted by Gasteiger charge is 2.23. The minimum atomic E-state index is -0.655. The van der Waals surface area contributed by atoms with Crippen molar-refractivity contribution < 1.29 is 9.13 Å². The van der Waals surface area contributed by atoms with Crippen molar-refractivity contribution in [3.05, 3.63) is 11.5 Å². The molecule has 0 saturated carbocycles. The number of morpholine rings is 1. The standard InChI is InChI=1S/C8H12FN5O/c9-5-6(4-3-12-1-2-15-4)13-8(11)14-7(5)10/h4,12H,1-3H2,(H4,10,11,13,14). The number of ether oxygens (including phenoxy) is 1. The molecule has 5 N–H and O–H groups in total. The molecule has 0 amide bonds. The maximum atomic E-state index is 13.6. The van der Waals surface area contributed by atoms with Crippen LogP contribution in [0.25, 0.3) is 0 Å². The first-order chi connectivity index (χ1) is 7.18. The van der Waals surface area contributed by atoms with Crippen LogP contribution in [0.3, 0.4) is 0 Å². The maximum Gasteiger partial charge on any atom is 0.222 e. The lowest BCUT2D eigenvalue weighted by Crippen LogP contribution is -2.34. The second kappa shape index (κ2) is 3.95. The molecule has 1 fully saturated rings. The van der Waals surface area contributed by atoms with Gasteiger partial charge < -0.3 is 21.5 Å². The molecule has 0 aliphatic carbocycles. The summed E-state index contributed by atoms with van der Waals surface area (Å²) < 4.78 is 18.9. The molecule has 0 spiro atoms. The smallest absolute Gasteiger partial charge is 0.222 e. The minimum absolute atomic E-state index is 0.0435. The average molecular weight is 213 g/mol. The normalized spacial score (nSPS) is 21.5. The summed E-state index contributed by atoms with van der Waals surface area (Å²) in [6.45, 7) is 1.74. The molecule has 1 aromatic rings. The molecule has 2 heterocycles. The lowest BCUT2D eigenvalue weighted by Gasteiger charge is -2.23. The number of anilines is 2. The SMILES string of the molecule is Nc1nc(N)c(F)c(C2CNCCO2)n1. The third kappa shape index (κ3) is 1.97. The van der Waals surface area contributed by atoms with Crippen molar-refractivity contribution in [3.8, 4) is 0 Å². The van der Waals surface area contributed by atoms with Gasteiger partial charge in [0.05, 0.1) is 6.61 Å². The van der Waals surface area contributed by atoms with Crippen molar-refractivity contribution in [2.75, 3.05) is 31.2 Å². The van der Waals surface area contributed by atoms with Crippen molar-refractivity contribution >= 4 is 11.8 Å². The molecule has 0 radical (unpaired) electrons. The van der Waals surface area contributed by atoms with Gasteiger partial charge in [-0.3, -0.25) is 0 Å². The molecular weight excluding hydrogens is 201 g/mol. The summed E-state index contributed by atoms with van der Waals surface area (Å²) in [5.74, 6) is -0.942. The third-order valence-electron chi connectivity index (χ3n) is 2.15. The molecular formula is C8H12FN5O. The Balaban J connectivity index is 2.33. The molecule has 0 bridgehead atoms. The molecule has 6 nitrogen and oxygen atoms in total. The van der Waals surface area contributed by atoms with Crippen LogP contribution in [0.2, 0.25) is 0 Å². The van der Waals surface area contributed by atoms with Crippen LogP contribution in [-0.4, -0.2) is 29.7 Å². The highest BCUT2D eigenvalue weighted by Crippen LogP contribution is 2.22. The van der Waals surface area contributed by atoms with E-state index in [9.17, 15) is 4.39 Å². The number of nitrogens with one attached hydrogen (secondary N) is 1. The Bertz CT molecular complexity index is 366. The molecule has 1 atom stereocenters. The summed E-state index contributed by atoms with van der Waals surface area (Å²) in [6.07, 6.45) is -0.452. The first-order valence-electron chi connectivity index (χ1n) is 4.59. The number of rotatable bonds is 1. The maximum absolute atomic E-state index is 13.6. The monoisotopic (exact) mass is 213 g/mol. The third-order valence-corrected chi connectivity index (χ3v) is 2.15. The van der Waals surface area contributed by atoms with Crippen LogP contribution in [0.4, 0.5) is 16.2 Å². The van der Waals surface area contributed by atoms with Crippen molar-refractivity contribution in [1.29, 1.82) is 0 Å². The highest BCUT2D eigenvalue weighted by molar-refractivity contribution is 5.38. The van der Waals surface area contributed by atoms with Crippen molar-refractivity contribution in [2.45, 2.75) is 6.10 Å². The topological polar surface area (TPSA) is 99.1 Å². The summed E-state index contributed by atoms with van der Waals surface area (Å²) in [4.78, 5) is 7.33. The van der Waals surface area contributed by atoms with Crippen LogP contribution < -0.4 is 16.8 Å². The zero-order valence-electron chi connectivity index (χ0n) is 8.03. The van der Waals surface area contributed by atoms with Crippen molar-refractivity contribution in [2.24, 2.45) is 0 Å². The van der Waals surface area contributed by atoms with Gasteiger partial charge in [0.2, 0.25) is 5.95 Å². The van der Waals surface area contributed by atoms with Crippen molar-refractivity contribution in [1.82, 2.24) is 15.3 Å². The van der Waals surface area contributed by atoms with Gasteiger partial charge in [-0.25, -0.2) is 9.37 Å². The van der Waals surface area contributed by atoms with E-state index in [2.05, 4.69) is 15.3 Å². The largest absolute Gasteiger partial charge is 0.381 e. The Morgan fingerprint density at radius 1 is 1.40 bits per heavy atom. The second-order valence-electron chi connectivity index (χ2n) is 3.23. The Hall–Kier alpha value is -1.47. The molecule has 1 aliphatic heterocycles. The fraction of sp³-hybridized carbons (Fsp3) is 0.500. The van der Waals surface area contributed by atoms with E-state index in [1.54, 1.807) is 0 Å². The minimum Gasteiger partial charge on any atom is -0.381 e. The van der Waals surface area contributed by atoms with Crippen LogP contribution in [-0.2, 0) is 4.74 Å². The molecule has 7 heteroatoms. The molecule has 1 aromatic heterocycles. The summed E-state index contributed by atoms with van der Waals surface area (Å²) in [6, 6.07) is 0. The number of nitrogen functional groups attached to an aromatic ring is 2. The van der Waals surface area contributed by atoms with Crippen LogP contribution in [0.5, 0.6) is 0 Å². The first kappa shape index (κ1) is 10.1. The summed E-state index contributed by atoms with van der Waals surface area (Å²) in [5, 5.41) is 3.07. The number of hydrogen-bond donors (Lipinski definition) is 3.